The van der Waals surface area contributed by atoms with Crippen molar-refractivity contribution in [2.24, 2.45) is 0 Å². The average molecular weight is 310 g/mol. The van der Waals surface area contributed by atoms with Crippen LogP contribution in [0.3, 0.4) is 0 Å². The number of hydroxylamine groups is 1. The molecule has 0 aliphatic rings. The second kappa shape index (κ2) is 7.29. The average Bonchev–Trinajstić information content (AvgIpc) is 2.48. The molecule has 0 heterocycles. The van der Waals surface area contributed by atoms with Crippen LogP contribution in [0.2, 0.25) is 5.02 Å². The maximum Gasteiger partial charge on any atom is 0.266 e. The minimum absolute atomic E-state index is 0.288. The van der Waals surface area contributed by atoms with Crippen LogP contribution in [-0.4, -0.2) is 5.91 Å². The molecule has 0 aliphatic carbocycles. The quantitative estimate of drug-likeness (QED) is 0.672. The first-order valence-corrected chi connectivity index (χ1v) is 6.83. The third-order valence-electron chi connectivity index (χ3n) is 2.65. The highest BCUT2D eigenvalue weighted by Gasteiger charge is 2.17. The van der Waals surface area contributed by atoms with Crippen LogP contribution in [0.15, 0.2) is 54.6 Å². The van der Waals surface area contributed by atoms with E-state index in [0.717, 1.165) is 5.56 Å². The zero-order valence-corrected chi connectivity index (χ0v) is 12.1. The summed E-state index contributed by atoms with van der Waals surface area (Å²) in [6.45, 7) is 0.288. The van der Waals surface area contributed by atoms with Gasteiger partial charge in [0.1, 0.15) is 5.38 Å². The van der Waals surface area contributed by atoms with Crippen LogP contribution in [0.4, 0.5) is 0 Å². The lowest BCUT2D eigenvalue weighted by molar-refractivity contribution is -0.134. The Kier molecular flexibility index (Phi) is 5.41. The van der Waals surface area contributed by atoms with Gasteiger partial charge in [0.2, 0.25) is 0 Å². The second-order valence-electron chi connectivity index (χ2n) is 4.15. The van der Waals surface area contributed by atoms with Gasteiger partial charge in [0, 0.05) is 5.02 Å². The summed E-state index contributed by atoms with van der Waals surface area (Å²) in [4.78, 5) is 17.0. The van der Waals surface area contributed by atoms with Gasteiger partial charge in [-0.05, 0) is 23.3 Å². The number of rotatable bonds is 5. The van der Waals surface area contributed by atoms with E-state index in [4.69, 9.17) is 28.0 Å². The second-order valence-corrected chi connectivity index (χ2v) is 5.03. The Morgan fingerprint density at radius 1 is 1.10 bits per heavy atom. The van der Waals surface area contributed by atoms with Crippen molar-refractivity contribution in [1.29, 1.82) is 0 Å². The number of nitrogens with one attached hydrogen (secondary N) is 1. The molecule has 0 spiro atoms. The third-order valence-corrected chi connectivity index (χ3v) is 3.35. The standard InChI is InChI=1S/C15H13Cl2NO2/c16-13-8-6-12(7-9-13)14(17)15(19)18-20-10-11-4-2-1-3-5-11/h1-9,14H,10H2,(H,18,19). The van der Waals surface area contributed by atoms with Gasteiger partial charge in [-0.15, -0.1) is 11.6 Å². The number of halogens is 2. The Balaban J connectivity index is 1.84. The molecule has 0 bridgehead atoms. The normalized spacial score (nSPS) is 11.9. The molecule has 0 radical (unpaired) electrons. The zero-order chi connectivity index (χ0) is 14.4. The van der Waals surface area contributed by atoms with Crippen molar-refractivity contribution in [3.8, 4) is 0 Å². The van der Waals surface area contributed by atoms with Crippen molar-refractivity contribution in [1.82, 2.24) is 5.48 Å². The van der Waals surface area contributed by atoms with E-state index in [1.807, 2.05) is 30.3 Å². The highest BCUT2D eigenvalue weighted by molar-refractivity contribution is 6.31. The van der Waals surface area contributed by atoms with Crippen LogP contribution >= 0.6 is 23.2 Å². The Morgan fingerprint density at radius 3 is 2.40 bits per heavy atom. The van der Waals surface area contributed by atoms with E-state index in [9.17, 15) is 4.79 Å². The molecule has 1 atom stereocenters. The molecule has 3 nitrogen and oxygen atoms in total. The summed E-state index contributed by atoms with van der Waals surface area (Å²) in [6, 6.07) is 16.3. The van der Waals surface area contributed by atoms with Crippen LogP contribution in [0.5, 0.6) is 0 Å². The third kappa shape index (κ3) is 4.23. The summed E-state index contributed by atoms with van der Waals surface area (Å²) in [5, 5.41) is -0.221. The van der Waals surface area contributed by atoms with Crippen LogP contribution in [0, 0.1) is 0 Å². The lowest BCUT2D eigenvalue weighted by atomic mass is 10.1. The number of alkyl halides is 1. The molecule has 2 rings (SSSR count). The van der Waals surface area contributed by atoms with Crippen molar-refractivity contribution in [3.05, 3.63) is 70.7 Å². The molecule has 5 heteroatoms. The van der Waals surface area contributed by atoms with Gasteiger partial charge in [-0.25, -0.2) is 5.48 Å². The monoisotopic (exact) mass is 309 g/mol. The SMILES string of the molecule is O=C(NOCc1ccccc1)C(Cl)c1ccc(Cl)cc1. The molecule has 0 fully saturated rings. The lowest BCUT2D eigenvalue weighted by Gasteiger charge is -2.11. The van der Waals surface area contributed by atoms with E-state index >= 15 is 0 Å². The van der Waals surface area contributed by atoms with E-state index in [1.54, 1.807) is 24.3 Å². The Labute approximate surface area is 127 Å². The van der Waals surface area contributed by atoms with Crippen LogP contribution in [-0.2, 0) is 16.2 Å². The number of carbonyl (C=O) groups is 1. The molecule has 2 aromatic rings. The van der Waals surface area contributed by atoms with E-state index in [-0.39, 0.29) is 6.61 Å². The molecule has 2 aromatic carbocycles. The van der Waals surface area contributed by atoms with Crippen molar-refractivity contribution in [3.63, 3.8) is 0 Å². The fourth-order valence-corrected chi connectivity index (χ4v) is 1.92. The molecule has 1 N–H and O–H groups in total. The summed E-state index contributed by atoms with van der Waals surface area (Å²) >= 11 is 11.8. The fraction of sp³-hybridized carbons (Fsp3) is 0.133. The number of hydrogen-bond acceptors (Lipinski definition) is 2. The minimum atomic E-state index is -0.817. The first-order valence-electron chi connectivity index (χ1n) is 6.02. The van der Waals surface area contributed by atoms with Gasteiger partial charge in [-0.2, -0.15) is 0 Å². The Morgan fingerprint density at radius 2 is 1.75 bits per heavy atom. The minimum Gasteiger partial charge on any atom is -0.271 e. The molecular weight excluding hydrogens is 297 g/mol. The largest absolute Gasteiger partial charge is 0.271 e. The zero-order valence-electron chi connectivity index (χ0n) is 10.6. The predicted molar refractivity (Wildman–Crippen MR) is 79.4 cm³/mol. The highest BCUT2D eigenvalue weighted by Crippen LogP contribution is 2.22. The Hall–Kier alpha value is -1.55. The molecule has 20 heavy (non-hydrogen) atoms. The summed E-state index contributed by atoms with van der Waals surface area (Å²) in [6.07, 6.45) is 0. The smallest absolute Gasteiger partial charge is 0.266 e. The van der Waals surface area contributed by atoms with Gasteiger partial charge in [0.25, 0.3) is 5.91 Å². The van der Waals surface area contributed by atoms with Gasteiger partial charge in [0.05, 0.1) is 6.61 Å². The van der Waals surface area contributed by atoms with Crippen LogP contribution in [0.1, 0.15) is 16.5 Å². The lowest BCUT2D eigenvalue weighted by Crippen LogP contribution is -2.27. The van der Waals surface area contributed by atoms with Gasteiger partial charge >= 0.3 is 0 Å². The van der Waals surface area contributed by atoms with Crippen molar-refractivity contribution in [2.75, 3.05) is 0 Å². The summed E-state index contributed by atoms with van der Waals surface area (Å²) in [7, 11) is 0. The molecule has 0 saturated carbocycles. The van der Waals surface area contributed by atoms with E-state index < -0.39 is 11.3 Å². The molecule has 104 valence electrons. The number of hydrogen-bond donors (Lipinski definition) is 1. The number of amides is 1. The molecule has 1 unspecified atom stereocenters. The maximum atomic E-state index is 11.8. The Bertz CT molecular complexity index is 558. The number of carbonyl (C=O) groups excluding carboxylic acids is 1. The highest BCUT2D eigenvalue weighted by atomic mass is 35.5. The summed E-state index contributed by atoms with van der Waals surface area (Å²) in [5.41, 5.74) is 3.97. The van der Waals surface area contributed by atoms with Crippen molar-refractivity contribution >= 4 is 29.1 Å². The molecular formula is C15H13Cl2NO2. The van der Waals surface area contributed by atoms with E-state index in [1.165, 1.54) is 0 Å². The van der Waals surface area contributed by atoms with Crippen molar-refractivity contribution < 1.29 is 9.63 Å². The first-order chi connectivity index (χ1) is 9.66. The van der Waals surface area contributed by atoms with E-state index in [2.05, 4.69) is 5.48 Å². The van der Waals surface area contributed by atoms with E-state index in [0.29, 0.717) is 10.6 Å². The summed E-state index contributed by atoms with van der Waals surface area (Å²) < 4.78 is 0. The molecule has 0 saturated heterocycles. The molecule has 1 amide bonds. The van der Waals surface area contributed by atoms with Crippen LogP contribution in [0.25, 0.3) is 0 Å². The van der Waals surface area contributed by atoms with Gasteiger partial charge in [0.15, 0.2) is 0 Å². The molecule has 0 aromatic heterocycles. The van der Waals surface area contributed by atoms with Gasteiger partial charge in [-0.1, -0.05) is 54.1 Å². The first kappa shape index (κ1) is 14.9. The van der Waals surface area contributed by atoms with Crippen molar-refractivity contribution in [2.45, 2.75) is 12.0 Å². The molecule has 0 aliphatic heterocycles. The van der Waals surface area contributed by atoms with Crippen LogP contribution < -0.4 is 5.48 Å². The predicted octanol–water partition coefficient (Wildman–Crippen LogP) is 3.87. The van der Waals surface area contributed by atoms with Gasteiger partial charge in [-0.3, -0.25) is 9.63 Å². The fourth-order valence-electron chi connectivity index (χ4n) is 1.60. The topological polar surface area (TPSA) is 38.3 Å². The maximum absolute atomic E-state index is 11.8. The van der Waals surface area contributed by atoms with Gasteiger partial charge < -0.3 is 0 Å². The summed E-state index contributed by atoms with van der Waals surface area (Å²) in [5.74, 6) is -0.412. The number of benzene rings is 2.